The third-order valence-electron chi connectivity index (χ3n) is 2.54. The minimum Gasteiger partial charge on any atom is -0.383 e. The van der Waals surface area contributed by atoms with E-state index in [0.717, 1.165) is 0 Å². The maximum absolute atomic E-state index is 11.8. The Bertz CT molecular complexity index is 632. The van der Waals surface area contributed by atoms with Crippen LogP contribution < -0.4 is 11.3 Å². The van der Waals surface area contributed by atoms with E-state index < -0.39 is 0 Å². The molecule has 0 bridgehead atoms. The molecule has 0 saturated heterocycles. The number of nitrogens with two attached hydrogens (primary N) is 1. The highest BCUT2D eigenvalue weighted by atomic mass is 35.5. The molecular weight excluding hydrogens is 273 g/mol. The molecule has 1 heterocycles. The van der Waals surface area contributed by atoms with E-state index in [4.69, 9.17) is 28.9 Å². The number of aromatic nitrogens is 2. The number of aromatic amines is 1. The summed E-state index contributed by atoms with van der Waals surface area (Å²) in [7, 11) is 0. The molecule has 0 spiro atoms. The molecule has 0 fully saturated rings. The molecule has 0 aliphatic heterocycles. The highest BCUT2D eigenvalue weighted by Crippen LogP contribution is 2.25. The number of nitrogens with zero attached hydrogens (tertiary/aromatic N) is 1. The number of nitrogen functional groups attached to an aromatic ring is 1. The van der Waals surface area contributed by atoms with Crippen molar-refractivity contribution < 1.29 is 0 Å². The first kappa shape index (κ1) is 12.9. The van der Waals surface area contributed by atoms with E-state index in [1.54, 1.807) is 18.2 Å². The van der Waals surface area contributed by atoms with Crippen molar-refractivity contribution in [3.63, 3.8) is 0 Å². The Kier molecular flexibility index (Phi) is 3.59. The quantitative estimate of drug-likeness (QED) is 0.890. The second-order valence-corrected chi connectivity index (χ2v) is 4.66. The molecule has 3 N–H and O–H groups in total. The summed E-state index contributed by atoms with van der Waals surface area (Å²) >= 11 is 11.8. The van der Waals surface area contributed by atoms with Gasteiger partial charge in [-0.05, 0) is 24.6 Å². The lowest BCUT2D eigenvalue weighted by Crippen LogP contribution is -2.17. The molecule has 0 unspecified atom stereocenters. The van der Waals surface area contributed by atoms with Crippen molar-refractivity contribution in [2.24, 2.45) is 0 Å². The molecule has 0 saturated carbocycles. The Balaban J connectivity index is 2.61. The Hall–Kier alpha value is -1.52. The molecule has 0 atom stereocenters. The summed E-state index contributed by atoms with van der Waals surface area (Å²) in [6.07, 6.45) is 0.532. The molecule has 6 heteroatoms. The SMILES string of the molecule is CCc1c(N)nc(-c2cc(Cl)cc(Cl)c2)[nH]c1=O. The number of nitrogens with one attached hydrogen (secondary N) is 1. The number of hydrogen-bond acceptors (Lipinski definition) is 3. The van der Waals surface area contributed by atoms with Crippen LogP contribution in [0.2, 0.25) is 10.0 Å². The van der Waals surface area contributed by atoms with Gasteiger partial charge < -0.3 is 10.7 Å². The van der Waals surface area contributed by atoms with Crippen molar-refractivity contribution in [3.8, 4) is 11.4 Å². The molecule has 2 aromatic rings. The maximum atomic E-state index is 11.8. The third kappa shape index (κ3) is 2.49. The molecule has 2 rings (SSSR count). The first-order valence-corrected chi connectivity index (χ1v) is 6.12. The summed E-state index contributed by atoms with van der Waals surface area (Å²) < 4.78 is 0. The second kappa shape index (κ2) is 5.00. The van der Waals surface area contributed by atoms with Crippen LogP contribution in [0.1, 0.15) is 12.5 Å². The van der Waals surface area contributed by atoms with Crippen molar-refractivity contribution in [1.82, 2.24) is 9.97 Å². The Morgan fingerprint density at radius 1 is 1.28 bits per heavy atom. The van der Waals surface area contributed by atoms with Gasteiger partial charge in [0.15, 0.2) is 0 Å². The summed E-state index contributed by atoms with van der Waals surface area (Å²) in [4.78, 5) is 18.6. The summed E-state index contributed by atoms with van der Waals surface area (Å²) in [5.41, 5.74) is 6.61. The van der Waals surface area contributed by atoms with Crippen LogP contribution in [-0.2, 0) is 6.42 Å². The van der Waals surface area contributed by atoms with Crippen molar-refractivity contribution in [3.05, 3.63) is 44.2 Å². The van der Waals surface area contributed by atoms with Gasteiger partial charge in [0.2, 0.25) is 0 Å². The highest BCUT2D eigenvalue weighted by molar-refractivity contribution is 6.35. The maximum Gasteiger partial charge on any atom is 0.256 e. The summed E-state index contributed by atoms with van der Waals surface area (Å²) in [6.45, 7) is 1.85. The third-order valence-corrected chi connectivity index (χ3v) is 2.97. The smallest absolute Gasteiger partial charge is 0.256 e. The van der Waals surface area contributed by atoms with Crippen LogP contribution >= 0.6 is 23.2 Å². The van der Waals surface area contributed by atoms with Gasteiger partial charge in [-0.25, -0.2) is 4.98 Å². The lowest BCUT2D eigenvalue weighted by Gasteiger charge is -2.06. The fourth-order valence-corrected chi connectivity index (χ4v) is 2.21. The van der Waals surface area contributed by atoms with Gasteiger partial charge in [0, 0.05) is 15.6 Å². The molecule has 4 nitrogen and oxygen atoms in total. The number of hydrogen-bond donors (Lipinski definition) is 2. The standard InChI is InChI=1S/C12H11Cl2N3O/c1-2-9-10(15)16-11(17-12(9)18)6-3-7(13)5-8(14)4-6/h3-5H,2H2,1H3,(H3,15,16,17,18). The lowest BCUT2D eigenvalue weighted by molar-refractivity contribution is 1.02. The number of anilines is 1. The molecule has 94 valence electrons. The zero-order valence-electron chi connectivity index (χ0n) is 9.63. The summed E-state index contributed by atoms with van der Waals surface area (Å²) in [5, 5.41) is 0.941. The molecule has 0 aliphatic rings. The van der Waals surface area contributed by atoms with Crippen LogP contribution in [-0.4, -0.2) is 9.97 Å². The van der Waals surface area contributed by atoms with Crippen molar-refractivity contribution in [2.75, 3.05) is 5.73 Å². The monoisotopic (exact) mass is 283 g/mol. The first-order chi connectivity index (χ1) is 8.51. The largest absolute Gasteiger partial charge is 0.383 e. The van der Waals surface area contributed by atoms with Gasteiger partial charge in [-0.15, -0.1) is 0 Å². The predicted molar refractivity (Wildman–Crippen MR) is 74.1 cm³/mol. The van der Waals surface area contributed by atoms with E-state index in [2.05, 4.69) is 9.97 Å². The van der Waals surface area contributed by atoms with E-state index in [1.165, 1.54) is 0 Å². The first-order valence-electron chi connectivity index (χ1n) is 5.36. The van der Waals surface area contributed by atoms with Crippen LogP contribution in [0.4, 0.5) is 5.82 Å². The van der Waals surface area contributed by atoms with E-state index in [-0.39, 0.29) is 11.4 Å². The Morgan fingerprint density at radius 3 is 2.39 bits per heavy atom. The fourth-order valence-electron chi connectivity index (χ4n) is 1.68. The normalized spacial score (nSPS) is 10.6. The van der Waals surface area contributed by atoms with Crippen molar-refractivity contribution in [1.29, 1.82) is 0 Å². The van der Waals surface area contributed by atoms with Gasteiger partial charge in [-0.2, -0.15) is 0 Å². The molecular formula is C12H11Cl2N3O. The number of benzene rings is 1. The number of H-pyrrole nitrogens is 1. The predicted octanol–water partition coefficient (Wildman–Crippen LogP) is 2.89. The zero-order chi connectivity index (χ0) is 13.3. The van der Waals surface area contributed by atoms with E-state index in [0.29, 0.717) is 33.4 Å². The topological polar surface area (TPSA) is 71.8 Å². The highest BCUT2D eigenvalue weighted by Gasteiger charge is 2.09. The van der Waals surface area contributed by atoms with E-state index in [9.17, 15) is 4.79 Å². The Morgan fingerprint density at radius 2 is 1.89 bits per heavy atom. The van der Waals surface area contributed by atoms with Gasteiger partial charge in [0.05, 0.1) is 5.56 Å². The van der Waals surface area contributed by atoms with Crippen LogP contribution in [0.25, 0.3) is 11.4 Å². The van der Waals surface area contributed by atoms with Gasteiger partial charge in [0.1, 0.15) is 11.6 Å². The average molecular weight is 284 g/mol. The second-order valence-electron chi connectivity index (χ2n) is 3.79. The summed E-state index contributed by atoms with van der Waals surface area (Å²) in [6, 6.07) is 4.93. The van der Waals surface area contributed by atoms with Gasteiger partial charge >= 0.3 is 0 Å². The van der Waals surface area contributed by atoms with Crippen LogP contribution in [0.3, 0.4) is 0 Å². The molecule has 0 radical (unpaired) electrons. The van der Waals surface area contributed by atoms with Crippen LogP contribution in [0.15, 0.2) is 23.0 Å². The number of rotatable bonds is 2. The van der Waals surface area contributed by atoms with Crippen molar-refractivity contribution in [2.45, 2.75) is 13.3 Å². The van der Waals surface area contributed by atoms with Gasteiger partial charge in [-0.1, -0.05) is 30.1 Å². The van der Waals surface area contributed by atoms with Crippen LogP contribution in [0.5, 0.6) is 0 Å². The molecule has 0 aliphatic carbocycles. The number of halogens is 2. The molecule has 1 aromatic carbocycles. The minimum absolute atomic E-state index is 0.229. The molecule has 18 heavy (non-hydrogen) atoms. The zero-order valence-corrected chi connectivity index (χ0v) is 11.1. The van der Waals surface area contributed by atoms with Gasteiger partial charge in [0.25, 0.3) is 5.56 Å². The van der Waals surface area contributed by atoms with Gasteiger partial charge in [-0.3, -0.25) is 4.79 Å². The minimum atomic E-state index is -0.240. The van der Waals surface area contributed by atoms with Crippen molar-refractivity contribution >= 4 is 29.0 Å². The molecule has 0 amide bonds. The average Bonchev–Trinajstić information content (AvgIpc) is 2.27. The molecule has 1 aromatic heterocycles. The van der Waals surface area contributed by atoms with Crippen LogP contribution in [0, 0.1) is 0 Å². The van der Waals surface area contributed by atoms with E-state index in [1.807, 2.05) is 6.92 Å². The Labute approximate surface area is 114 Å². The summed E-state index contributed by atoms with van der Waals surface area (Å²) in [5.74, 6) is 0.589. The fraction of sp³-hybridized carbons (Fsp3) is 0.167. The van der Waals surface area contributed by atoms with E-state index >= 15 is 0 Å². The lowest BCUT2D eigenvalue weighted by atomic mass is 10.2.